The number of imidazole rings is 1. The van der Waals surface area contributed by atoms with Crippen molar-refractivity contribution in [3.8, 4) is 11.4 Å². The van der Waals surface area contributed by atoms with Gasteiger partial charge in [-0.15, -0.1) is 11.6 Å². The highest BCUT2D eigenvalue weighted by Gasteiger charge is 2.16. The lowest BCUT2D eigenvalue weighted by Gasteiger charge is -2.11. The van der Waals surface area contributed by atoms with Crippen LogP contribution < -0.4 is 4.74 Å². The number of alkyl halides is 1. The molecule has 4 nitrogen and oxygen atoms in total. The molecule has 0 spiro atoms. The molecule has 0 N–H and O–H groups in total. The lowest BCUT2D eigenvalue weighted by Crippen LogP contribution is -2.03. The Kier molecular flexibility index (Phi) is 3.28. The summed E-state index contributed by atoms with van der Waals surface area (Å²) in [7, 11) is 1.49. The second-order valence-corrected chi connectivity index (χ2v) is 4.43. The van der Waals surface area contributed by atoms with E-state index in [4.69, 9.17) is 16.3 Å². The van der Waals surface area contributed by atoms with Gasteiger partial charge in [-0.2, -0.15) is 0 Å². The zero-order valence-corrected chi connectivity index (χ0v) is 11.4. The van der Waals surface area contributed by atoms with Gasteiger partial charge in [0.05, 0.1) is 18.7 Å². The summed E-state index contributed by atoms with van der Waals surface area (Å²) >= 11 is 5.95. The molecule has 20 heavy (non-hydrogen) atoms. The molecular weight excluding hydrogens is 281 g/mol. The van der Waals surface area contributed by atoms with Gasteiger partial charge >= 0.3 is 0 Å². The normalized spacial score (nSPS) is 10.9. The van der Waals surface area contributed by atoms with Crippen LogP contribution in [0.1, 0.15) is 5.82 Å². The number of fused-ring (bicyclic) bond motifs is 1. The zero-order valence-electron chi connectivity index (χ0n) is 10.7. The quantitative estimate of drug-likeness (QED) is 0.695. The van der Waals surface area contributed by atoms with Crippen LogP contribution in [0.3, 0.4) is 0 Å². The fraction of sp³-hybridized carbons (Fsp3) is 0.143. The van der Waals surface area contributed by atoms with Crippen LogP contribution in [0.15, 0.2) is 36.5 Å². The SMILES string of the molecule is COc1cc(F)ccc1-n1c(CCl)nc2cccnc21. The van der Waals surface area contributed by atoms with Crippen molar-refractivity contribution < 1.29 is 9.13 Å². The number of benzene rings is 1. The second-order valence-electron chi connectivity index (χ2n) is 4.16. The summed E-state index contributed by atoms with van der Waals surface area (Å²) in [5, 5.41) is 0. The van der Waals surface area contributed by atoms with Crippen molar-refractivity contribution in [2.24, 2.45) is 0 Å². The van der Waals surface area contributed by atoms with E-state index in [1.54, 1.807) is 22.9 Å². The molecule has 0 aliphatic heterocycles. The summed E-state index contributed by atoms with van der Waals surface area (Å²) in [5.74, 6) is 0.888. The number of ether oxygens (including phenoxy) is 1. The average Bonchev–Trinajstić information content (AvgIpc) is 2.85. The summed E-state index contributed by atoms with van der Waals surface area (Å²) in [4.78, 5) is 8.74. The van der Waals surface area contributed by atoms with Crippen molar-refractivity contribution in [1.29, 1.82) is 0 Å². The topological polar surface area (TPSA) is 39.9 Å². The van der Waals surface area contributed by atoms with Gasteiger partial charge in [0.15, 0.2) is 5.65 Å². The molecule has 0 amide bonds. The number of halogens is 2. The molecule has 3 aromatic rings. The predicted octanol–water partition coefficient (Wildman–Crippen LogP) is 3.31. The lowest BCUT2D eigenvalue weighted by molar-refractivity contribution is 0.409. The van der Waals surface area contributed by atoms with Crippen molar-refractivity contribution in [2.75, 3.05) is 7.11 Å². The number of rotatable bonds is 3. The summed E-state index contributed by atoms with van der Waals surface area (Å²) in [6.45, 7) is 0. The van der Waals surface area contributed by atoms with Crippen LogP contribution in [0, 0.1) is 5.82 Å². The van der Waals surface area contributed by atoms with Gasteiger partial charge in [0, 0.05) is 12.3 Å². The van der Waals surface area contributed by atoms with Crippen LogP contribution >= 0.6 is 11.6 Å². The number of nitrogens with zero attached hydrogens (tertiary/aromatic N) is 3. The third-order valence-corrected chi connectivity index (χ3v) is 3.23. The van der Waals surface area contributed by atoms with Crippen LogP contribution in [0.2, 0.25) is 0 Å². The Morgan fingerprint density at radius 1 is 1.35 bits per heavy atom. The Balaban J connectivity index is 2.33. The maximum absolute atomic E-state index is 13.3. The van der Waals surface area contributed by atoms with Crippen LogP contribution in [-0.2, 0) is 5.88 Å². The predicted molar refractivity (Wildman–Crippen MR) is 74.9 cm³/mol. The lowest BCUT2D eigenvalue weighted by atomic mass is 10.2. The van der Waals surface area contributed by atoms with Crippen molar-refractivity contribution >= 4 is 22.8 Å². The van der Waals surface area contributed by atoms with Gasteiger partial charge in [-0.1, -0.05) is 0 Å². The third kappa shape index (κ3) is 2.00. The summed E-state index contributed by atoms with van der Waals surface area (Å²) in [5.41, 5.74) is 2.05. The number of hydrogen-bond acceptors (Lipinski definition) is 3. The molecule has 1 aromatic carbocycles. The van der Waals surface area contributed by atoms with Crippen molar-refractivity contribution in [2.45, 2.75) is 5.88 Å². The molecule has 102 valence electrons. The Labute approximate surface area is 119 Å². The van der Waals surface area contributed by atoms with E-state index in [1.807, 2.05) is 6.07 Å². The molecule has 0 saturated heterocycles. The Morgan fingerprint density at radius 3 is 2.95 bits per heavy atom. The highest BCUT2D eigenvalue weighted by molar-refractivity contribution is 6.16. The van der Waals surface area contributed by atoms with Crippen LogP contribution in [0.5, 0.6) is 5.75 Å². The minimum absolute atomic E-state index is 0.219. The molecule has 0 unspecified atom stereocenters. The van der Waals surface area contributed by atoms with Gasteiger partial charge in [-0.3, -0.25) is 4.57 Å². The van der Waals surface area contributed by atoms with E-state index in [1.165, 1.54) is 19.2 Å². The number of hydrogen-bond donors (Lipinski definition) is 0. The van der Waals surface area contributed by atoms with Crippen molar-refractivity contribution in [3.63, 3.8) is 0 Å². The molecule has 0 fully saturated rings. The summed E-state index contributed by atoms with van der Waals surface area (Å²) < 4.78 is 20.3. The standard InChI is InChI=1S/C14H11ClFN3O/c1-20-12-7-9(16)4-5-11(12)19-13(8-15)18-10-3-2-6-17-14(10)19/h2-7H,8H2,1H3. The average molecular weight is 292 g/mol. The first-order valence-electron chi connectivity index (χ1n) is 5.97. The summed E-state index contributed by atoms with van der Waals surface area (Å²) in [6, 6.07) is 7.97. The minimum Gasteiger partial charge on any atom is -0.494 e. The fourth-order valence-electron chi connectivity index (χ4n) is 2.14. The number of pyridine rings is 1. The highest BCUT2D eigenvalue weighted by Crippen LogP contribution is 2.28. The maximum Gasteiger partial charge on any atom is 0.164 e. The van der Waals surface area contributed by atoms with E-state index in [0.29, 0.717) is 22.9 Å². The van der Waals surface area contributed by atoms with E-state index in [9.17, 15) is 4.39 Å². The first-order valence-corrected chi connectivity index (χ1v) is 6.50. The first kappa shape index (κ1) is 12.9. The molecule has 0 atom stereocenters. The third-order valence-electron chi connectivity index (χ3n) is 2.99. The van der Waals surface area contributed by atoms with Gasteiger partial charge in [-0.25, -0.2) is 14.4 Å². The van der Waals surface area contributed by atoms with E-state index >= 15 is 0 Å². The molecule has 2 heterocycles. The molecule has 0 saturated carbocycles. The van der Waals surface area contributed by atoms with Crippen LogP contribution in [0.25, 0.3) is 16.9 Å². The fourth-order valence-corrected chi connectivity index (χ4v) is 2.32. The number of methoxy groups -OCH3 is 1. The molecule has 0 aliphatic carbocycles. The van der Waals surface area contributed by atoms with E-state index in [0.717, 1.165) is 5.52 Å². The Morgan fingerprint density at radius 2 is 2.20 bits per heavy atom. The van der Waals surface area contributed by atoms with E-state index < -0.39 is 0 Å². The Hall–Kier alpha value is -2.14. The minimum atomic E-state index is -0.365. The molecule has 3 rings (SSSR count). The number of aromatic nitrogens is 3. The maximum atomic E-state index is 13.3. The van der Waals surface area contributed by atoms with Gasteiger partial charge < -0.3 is 4.74 Å². The molecule has 0 bridgehead atoms. The van der Waals surface area contributed by atoms with Gasteiger partial charge in [0.2, 0.25) is 0 Å². The van der Waals surface area contributed by atoms with Crippen molar-refractivity contribution in [1.82, 2.24) is 14.5 Å². The van der Waals surface area contributed by atoms with E-state index in [-0.39, 0.29) is 11.7 Å². The largest absolute Gasteiger partial charge is 0.494 e. The van der Waals surface area contributed by atoms with Gasteiger partial charge in [0.25, 0.3) is 0 Å². The van der Waals surface area contributed by atoms with E-state index in [2.05, 4.69) is 9.97 Å². The monoisotopic (exact) mass is 291 g/mol. The molecular formula is C14H11ClFN3O. The van der Waals surface area contributed by atoms with Gasteiger partial charge in [-0.05, 0) is 24.3 Å². The first-order chi connectivity index (χ1) is 9.74. The van der Waals surface area contributed by atoms with Crippen LogP contribution in [-0.4, -0.2) is 21.6 Å². The highest BCUT2D eigenvalue weighted by atomic mass is 35.5. The zero-order chi connectivity index (χ0) is 14.1. The molecule has 0 aliphatic rings. The smallest absolute Gasteiger partial charge is 0.164 e. The van der Waals surface area contributed by atoms with Crippen molar-refractivity contribution in [3.05, 3.63) is 48.2 Å². The molecule has 6 heteroatoms. The Bertz CT molecular complexity index is 772. The van der Waals surface area contributed by atoms with Gasteiger partial charge in [0.1, 0.15) is 22.9 Å². The summed E-state index contributed by atoms with van der Waals surface area (Å²) in [6.07, 6.45) is 1.68. The molecule has 2 aromatic heterocycles. The molecule has 0 radical (unpaired) electrons. The van der Waals surface area contributed by atoms with Crippen LogP contribution in [0.4, 0.5) is 4.39 Å². The second kappa shape index (κ2) is 5.09.